The van der Waals surface area contributed by atoms with E-state index in [0.717, 1.165) is 22.6 Å². The smallest absolute Gasteiger partial charge is 0.207 e. The molecule has 1 aromatic heterocycles. The van der Waals surface area contributed by atoms with E-state index in [-0.39, 0.29) is 30.3 Å². The molecule has 3 unspecified atom stereocenters. The maximum absolute atomic E-state index is 13.4. The van der Waals surface area contributed by atoms with Crippen LogP contribution < -0.4 is 4.72 Å². The molecule has 33 heavy (non-hydrogen) atoms. The summed E-state index contributed by atoms with van der Waals surface area (Å²) in [6, 6.07) is 4.24. The molecular formula is C21H27F3N2O4S3. The summed E-state index contributed by atoms with van der Waals surface area (Å²) in [7, 11) is -8.62. The molecule has 3 atom stereocenters. The van der Waals surface area contributed by atoms with Crippen LogP contribution in [0.5, 0.6) is 0 Å². The minimum Gasteiger partial charge on any atom is -0.207 e. The third-order valence-electron chi connectivity index (χ3n) is 5.97. The van der Waals surface area contributed by atoms with Crippen LogP contribution in [0.3, 0.4) is 0 Å². The molecule has 0 bridgehead atoms. The number of aryl methyl sites for hydroxylation is 1. The zero-order valence-electron chi connectivity index (χ0n) is 18.5. The molecule has 2 heterocycles. The van der Waals surface area contributed by atoms with Crippen molar-refractivity contribution in [2.75, 3.05) is 13.1 Å². The highest BCUT2D eigenvalue weighted by atomic mass is 32.2. The Morgan fingerprint density at radius 3 is 2.42 bits per heavy atom. The van der Waals surface area contributed by atoms with Crippen molar-refractivity contribution in [3.63, 3.8) is 0 Å². The van der Waals surface area contributed by atoms with Crippen LogP contribution in [-0.2, 0) is 20.0 Å². The lowest BCUT2D eigenvalue weighted by Crippen LogP contribution is -2.49. The number of thiophene rings is 1. The molecule has 1 aromatic carbocycles. The molecule has 184 valence electrons. The number of alkyl halides is 3. The number of halogens is 3. The normalized spacial score (nSPS) is 20.1. The average Bonchev–Trinajstić information content (AvgIpc) is 3.40. The summed E-state index contributed by atoms with van der Waals surface area (Å²) in [6.45, 7) is 5.35. The summed E-state index contributed by atoms with van der Waals surface area (Å²) < 4.78 is 95.1. The third kappa shape index (κ3) is 5.79. The number of nitrogens with zero attached hydrogens (tertiary/aromatic N) is 1. The van der Waals surface area contributed by atoms with Crippen molar-refractivity contribution >= 4 is 31.4 Å². The summed E-state index contributed by atoms with van der Waals surface area (Å²) in [5.41, 5.74) is 1.07. The Bertz CT molecular complexity index is 1190. The SMILES string of the molecule is CCC(C)C(NS(=O)(=O)c1cccc(S(=O)(=O)N2CCC(c3csc(C)c3)C2)c1)C(F)(F)F. The van der Waals surface area contributed by atoms with Gasteiger partial charge in [-0.1, -0.05) is 26.3 Å². The van der Waals surface area contributed by atoms with Crippen LogP contribution in [0.2, 0.25) is 0 Å². The van der Waals surface area contributed by atoms with Gasteiger partial charge in [0.2, 0.25) is 20.0 Å². The van der Waals surface area contributed by atoms with Crippen LogP contribution in [-0.4, -0.2) is 46.4 Å². The summed E-state index contributed by atoms with van der Waals surface area (Å²) in [5.74, 6) is -0.949. The number of sulfonamides is 2. The van der Waals surface area contributed by atoms with Crippen molar-refractivity contribution in [2.24, 2.45) is 5.92 Å². The highest BCUT2D eigenvalue weighted by Crippen LogP contribution is 2.34. The molecule has 1 saturated heterocycles. The molecule has 0 aliphatic carbocycles. The fourth-order valence-corrected chi connectivity index (χ4v) is 7.61. The molecule has 3 rings (SSSR count). The van der Waals surface area contributed by atoms with Gasteiger partial charge in [-0.25, -0.2) is 16.8 Å². The van der Waals surface area contributed by atoms with Crippen molar-refractivity contribution in [1.82, 2.24) is 9.03 Å². The minimum absolute atomic E-state index is 0.0429. The topological polar surface area (TPSA) is 83.5 Å². The summed E-state index contributed by atoms with van der Waals surface area (Å²) >= 11 is 1.59. The monoisotopic (exact) mass is 524 g/mol. The second-order valence-electron chi connectivity index (χ2n) is 8.34. The van der Waals surface area contributed by atoms with Crippen LogP contribution in [0.4, 0.5) is 13.2 Å². The predicted molar refractivity (Wildman–Crippen MR) is 121 cm³/mol. The van der Waals surface area contributed by atoms with E-state index in [1.807, 2.05) is 18.4 Å². The van der Waals surface area contributed by atoms with Crippen LogP contribution >= 0.6 is 11.3 Å². The third-order valence-corrected chi connectivity index (χ3v) is 10.2. The van der Waals surface area contributed by atoms with Crippen LogP contribution in [0, 0.1) is 12.8 Å². The van der Waals surface area contributed by atoms with E-state index in [4.69, 9.17) is 0 Å². The lowest BCUT2D eigenvalue weighted by molar-refractivity contribution is -0.161. The molecule has 0 amide bonds. The first kappa shape index (κ1) is 26.1. The number of rotatable bonds is 8. The van der Waals surface area contributed by atoms with Crippen LogP contribution in [0.1, 0.15) is 43.0 Å². The van der Waals surface area contributed by atoms with E-state index in [1.165, 1.54) is 30.3 Å². The van der Waals surface area contributed by atoms with E-state index in [0.29, 0.717) is 6.42 Å². The molecule has 1 fully saturated rings. The molecule has 1 aliphatic heterocycles. The van der Waals surface area contributed by atoms with Crippen molar-refractivity contribution < 1.29 is 30.0 Å². The first-order valence-corrected chi connectivity index (χ1v) is 14.3. The van der Waals surface area contributed by atoms with Gasteiger partial charge in [0, 0.05) is 18.0 Å². The second-order valence-corrected chi connectivity index (χ2v) is 13.1. The fraction of sp³-hybridized carbons (Fsp3) is 0.524. The minimum atomic E-state index is -4.78. The van der Waals surface area contributed by atoms with E-state index in [2.05, 4.69) is 0 Å². The Morgan fingerprint density at radius 2 is 1.85 bits per heavy atom. The zero-order chi connectivity index (χ0) is 24.6. The van der Waals surface area contributed by atoms with Gasteiger partial charge in [-0.2, -0.15) is 22.2 Å². The number of benzene rings is 1. The van der Waals surface area contributed by atoms with Gasteiger partial charge in [0.15, 0.2) is 0 Å². The molecule has 6 nitrogen and oxygen atoms in total. The average molecular weight is 525 g/mol. The van der Waals surface area contributed by atoms with Gasteiger partial charge in [-0.3, -0.25) is 0 Å². The van der Waals surface area contributed by atoms with Gasteiger partial charge in [0.05, 0.1) is 9.79 Å². The number of nitrogens with one attached hydrogen (secondary N) is 1. The van der Waals surface area contributed by atoms with E-state index in [9.17, 15) is 30.0 Å². The van der Waals surface area contributed by atoms with Gasteiger partial charge in [0.25, 0.3) is 0 Å². The lowest BCUT2D eigenvalue weighted by Gasteiger charge is -2.26. The largest absolute Gasteiger partial charge is 0.405 e. The lowest BCUT2D eigenvalue weighted by atomic mass is 10.00. The Hall–Kier alpha value is -1.47. The quantitative estimate of drug-likeness (QED) is 0.552. The molecule has 0 spiro atoms. The second kappa shape index (κ2) is 9.65. The van der Waals surface area contributed by atoms with Gasteiger partial charge in [-0.15, -0.1) is 11.3 Å². The summed E-state index contributed by atoms with van der Waals surface area (Å²) in [6.07, 6.45) is -4.03. The van der Waals surface area contributed by atoms with Gasteiger partial charge < -0.3 is 0 Å². The van der Waals surface area contributed by atoms with E-state index in [1.54, 1.807) is 16.1 Å². The Balaban J connectivity index is 1.85. The van der Waals surface area contributed by atoms with Crippen molar-refractivity contribution in [3.05, 3.63) is 46.2 Å². The standard InChI is InChI=1S/C21H27F3N2O4S3/c1-4-14(2)20(21(22,23)24)25-32(27,28)18-6-5-7-19(11-18)33(29,30)26-9-8-16(12-26)17-10-15(3)31-13-17/h5-7,10-11,13-14,16,20,25H,4,8-9,12H2,1-3H3. The molecule has 0 radical (unpaired) electrons. The zero-order valence-corrected chi connectivity index (χ0v) is 20.9. The molecule has 12 heteroatoms. The molecular weight excluding hydrogens is 497 g/mol. The van der Waals surface area contributed by atoms with Gasteiger partial charge >= 0.3 is 6.18 Å². The predicted octanol–water partition coefficient (Wildman–Crippen LogP) is 4.49. The van der Waals surface area contributed by atoms with Crippen LogP contribution in [0.25, 0.3) is 0 Å². The first-order valence-electron chi connectivity index (χ1n) is 10.5. The molecule has 1 aliphatic rings. The summed E-state index contributed by atoms with van der Waals surface area (Å²) in [5, 5.41) is 2.00. The highest BCUT2D eigenvalue weighted by Gasteiger charge is 2.45. The maximum atomic E-state index is 13.4. The highest BCUT2D eigenvalue weighted by molar-refractivity contribution is 7.90. The van der Waals surface area contributed by atoms with Crippen molar-refractivity contribution in [2.45, 2.75) is 61.5 Å². The Labute approximate surface area is 196 Å². The fourth-order valence-electron chi connectivity index (χ4n) is 3.82. The Kier molecular flexibility index (Phi) is 7.64. The maximum Gasteiger partial charge on any atom is 0.405 e. The van der Waals surface area contributed by atoms with Gasteiger partial charge in [-0.05, 0) is 60.4 Å². The summed E-state index contributed by atoms with van der Waals surface area (Å²) in [4.78, 5) is 0.344. The molecule has 0 saturated carbocycles. The van der Waals surface area contributed by atoms with Crippen molar-refractivity contribution in [1.29, 1.82) is 0 Å². The molecule has 1 N–H and O–H groups in total. The van der Waals surface area contributed by atoms with Crippen molar-refractivity contribution in [3.8, 4) is 0 Å². The molecule has 2 aromatic rings. The number of hydrogen-bond acceptors (Lipinski definition) is 5. The van der Waals surface area contributed by atoms with Gasteiger partial charge in [0.1, 0.15) is 6.04 Å². The Morgan fingerprint density at radius 1 is 1.18 bits per heavy atom. The van der Waals surface area contributed by atoms with Crippen LogP contribution in [0.15, 0.2) is 45.5 Å². The van der Waals surface area contributed by atoms with E-state index >= 15 is 0 Å². The van der Waals surface area contributed by atoms with E-state index < -0.39 is 43.1 Å². The first-order chi connectivity index (χ1) is 15.3. The number of hydrogen-bond donors (Lipinski definition) is 1.